The number of halogens is 2. The number of anilines is 1. The van der Waals surface area contributed by atoms with E-state index in [9.17, 15) is 14.0 Å². The number of carbonyl (C=O) groups excluding carboxylic acids is 2. The fraction of sp³-hybridized carbons (Fsp3) is 0.185. The summed E-state index contributed by atoms with van der Waals surface area (Å²) in [6, 6.07) is 20.7. The number of methoxy groups -OCH3 is 1. The molecule has 3 aromatic carbocycles. The van der Waals surface area contributed by atoms with Gasteiger partial charge in [-0.15, -0.1) is 0 Å². The third-order valence-corrected chi connectivity index (χ3v) is 7.40. The first kappa shape index (κ1) is 25.0. The smallest absolute Gasteiger partial charge is 0.262 e. The van der Waals surface area contributed by atoms with Crippen molar-refractivity contribution in [3.63, 3.8) is 0 Å². The zero-order valence-electron chi connectivity index (χ0n) is 19.7. The molecule has 2 amide bonds. The number of thioether (sulfide) groups is 1. The Kier molecular flexibility index (Phi) is 7.25. The molecule has 188 valence electrons. The highest BCUT2D eigenvalue weighted by Gasteiger charge is 2.39. The van der Waals surface area contributed by atoms with Crippen LogP contribution in [0.1, 0.15) is 30.0 Å². The molecule has 0 aliphatic carbocycles. The van der Waals surface area contributed by atoms with E-state index in [1.807, 2.05) is 36.4 Å². The van der Waals surface area contributed by atoms with E-state index in [-0.39, 0.29) is 18.2 Å². The maximum atomic E-state index is 13.9. The summed E-state index contributed by atoms with van der Waals surface area (Å²) in [5, 5.41) is 9.38. The van der Waals surface area contributed by atoms with Gasteiger partial charge >= 0.3 is 0 Å². The second kappa shape index (κ2) is 10.7. The van der Waals surface area contributed by atoms with Crippen molar-refractivity contribution in [2.24, 2.45) is 10.1 Å². The van der Waals surface area contributed by atoms with E-state index in [1.165, 1.54) is 30.0 Å². The van der Waals surface area contributed by atoms with Crippen LogP contribution in [0.5, 0.6) is 5.75 Å². The second-order valence-electron chi connectivity index (χ2n) is 8.47. The molecule has 0 fully saturated rings. The van der Waals surface area contributed by atoms with Crippen LogP contribution < -0.4 is 10.1 Å². The normalized spacial score (nSPS) is 19.0. The Morgan fingerprint density at radius 3 is 2.70 bits per heavy atom. The zero-order chi connectivity index (χ0) is 25.9. The summed E-state index contributed by atoms with van der Waals surface area (Å²) in [7, 11) is 1.60. The standard InChI is InChI=1S/C27H22ClFN4O3S/c1-36-19-6-4-5-17(13-19)23-14-22(16-9-11-18(28)12-10-16)32-33(23)27-31-26(35)24(37-27)15-25(34)30-21-8-3-2-7-20(21)29/h2-13,23-24H,14-15H2,1H3,(H,30,34)/t23-,24-/m0/s1. The monoisotopic (exact) mass is 536 g/mol. The number of ether oxygens (including phenoxy) is 1. The molecule has 0 unspecified atom stereocenters. The van der Waals surface area contributed by atoms with Crippen LogP contribution in [-0.2, 0) is 9.59 Å². The molecule has 1 N–H and O–H groups in total. The van der Waals surface area contributed by atoms with Crippen molar-refractivity contribution < 1.29 is 18.7 Å². The molecule has 2 aliphatic heterocycles. The van der Waals surface area contributed by atoms with Crippen molar-refractivity contribution in [3.8, 4) is 5.75 Å². The van der Waals surface area contributed by atoms with Gasteiger partial charge in [0.1, 0.15) is 16.8 Å². The van der Waals surface area contributed by atoms with E-state index in [2.05, 4.69) is 10.3 Å². The lowest BCUT2D eigenvalue weighted by atomic mass is 9.98. The van der Waals surface area contributed by atoms with Gasteiger partial charge in [-0.25, -0.2) is 9.40 Å². The number of para-hydroxylation sites is 1. The second-order valence-corrected chi connectivity index (χ2v) is 10.1. The van der Waals surface area contributed by atoms with Gasteiger partial charge in [0.15, 0.2) is 5.17 Å². The number of aliphatic imine (C=N–C) groups is 1. The summed E-state index contributed by atoms with van der Waals surface area (Å²) in [6.07, 6.45) is 0.428. The molecule has 2 aliphatic rings. The van der Waals surface area contributed by atoms with Crippen LogP contribution in [-0.4, -0.2) is 40.1 Å². The van der Waals surface area contributed by atoms with Gasteiger partial charge in [0, 0.05) is 17.9 Å². The van der Waals surface area contributed by atoms with Gasteiger partial charge in [-0.1, -0.05) is 59.8 Å². The quantitative estimate of drug-likeness (QED) is 0.439. The molecule has 0 bridgehead atoms. The Morgan fingerprint density at radius 2 is 1.95 bits per heavy atom. The number of amidine groups is 1. The number of hydrazone groups is 1. The number of carbonyl (C=O) groups is 2. The molecule has 37 heavy (non-hydrogen) atoms. The predicted octanol–water partition coefficient (Wildman–Crippen LogP) is 5.67. The van der Waals surface area contributed by atoms with Gasteiger partial charge in [-0.3, -0.25) is 9.59 Å². The third kappa shape index (κ3) is 5.52. The summed E-state index contributed by atoms with van der Waals surface area (Å²) < 4.78 is 19.3. The summed E-state index contributed by atoms with van der Waals surface area (Å²) in [5.41, 5.74) is 2.75. The number of hydrogen-bond acceptors (Lipinski definition) is 6. The lowest BCUT2D eigenvalue weighted by Gasteiger charge is -2.23. The van der Waals surface area contributed by atoms with Gasteiger partial charge < -0.3 is 10.1 Å². The highest BCUT2D eigenvalue weighted by Crippen LogP contribution is 2.39. The average Bonchev–Trinajstić information content (AvgIpc) is 3.50. The van der Waals surface area contributed by atoms with Crippen LogP contribution in [0.2, 0.25) is 5.02 Å². The number of nitrogens with one attached hydrogen (secondary N) is 1. The molecule has 7 nitrogen and oxygen atoms in total. The van der Waals surface area contributed by atoms with E-state index >= 15 is 0 Å². The molecule has 0 aromatic heterocycles. The van der Waals surface area contributed by atoms with Gasteiger partial charge in [-0.05, 0) is 47.5 Å². The minimum absolute atomic E-state index is 0.0684. The number of amides is 2. The Hall–Kier alpha value is -3.69. The minimum atomic E-state index is -0.734. The van der Waals surface area contributed by atoms with Crippen molar-refractivity contribution in [1.29, 1.82) is 0 Å². The Morgan fingerprint density at radius 1 is 1.16 bits per heavy atom. The SMILES string of the molecule is COc1cccc([C@@H]2CC(c3ccc(Cl)cc3)=NN2C2=NC(=O)[C@H](CC(=O)Nc3ccccc3F)S2)c1. The molecular formula is C27H22ClFN4O3S. The molecule has 2 heterocycles. The molecule has 0 spiro atoms. The third-order valence-electron chi connectivity index (χ3n) is 6.01. The van der Waals surface area contributed by atoms with Crippen LogP contribution in [0.3, 0.4) is 0 Å². The van der Waals surface area contributed by atoms with E-state index in [0.29, 0.717) is 22.4 Å². The first-order valence-electron chi connectivity index (χ1n) is 11.5. The van der Waals surface area contributed by atoms with Crippen molar-refractivity contribution in [2.45, 2.75) is 24.1 Å². The Balaban J connectivity index is 1.37. The maximum absolute atomic E-state index is 13.9. The lowest BCUT2D eigenvalue weighted by molar-refractivity contribution is -0.121. The van der Waals surface area contributed by atoms with Gasteiger partial charge in [0.25, 0.3) is 5.91 Å². The summed E-state index contributed by atoms with van der Waals surface area (Å²) >= 11 is 7.24. The van der Waals surface area contributed by atoms with Crippen molar-refractivity contribution >= 4 is 51.7 Å². The highest BCUT2D eigenvalue weighted by atomic mass is 35.5. The number of hydrogen-bond donors (Lipinski definition) is 1. The van der Waals surface area contributed by atoms with Crippen LogP contribution in [0.25, 0.3) is 0 Å². The Bertz CT molecular complexity index is 1410. The van der Waals surface area contributed by atoms with Crippen LogP contribution >= 0.6 is 23.4 Å². The predicted molar refractivity (Wildman–Crippen MR) is 144 cm³/mol. The summed E-state index contributed by atoms with van der Waals surface area (Å²) in [6.45, 7) is 0. The topological polar surface area (TPSA) is 83.4 Å². The van der Waals surface area contributed by atoms with Gasteiger partial charge in [0.05, 0.1) is 24.6 Å². The maximum Gasteiger partial charge on any atom is 0.262 e. The van der Waals surface area contributed by atoms with Crippen LogP contribution in [0.15, 0.2) is 82.9 Å². The molecule has 0 saturated heterocycles. The molecular weight excluding hydrogens is 515 g/mol. The first-order chi connectivity index (χ1) is 17.9. The number of rotatable bonds is 6. The van der Waals surface area contributed by atoms with E-state index in [0.717, 1.165) is 16.8 Å². The molecule has 3 aromatic rings. The van der Waals surface area contributed by atoms with E-state index in [1.54, 1.807) is 30.3 Å². The fourth-order valence-electron chi connectivity index (χ4n) is 4.15. The highest BCUT2D eigenvalue weighted by molar-refractivity contribution is 8.15. The average molecular weight is 537 g/mol. The largest absolute Gasteiger partial charge is 0.497 e. The van der Waals surface area contributed by atoms with Crippen molar-refractivity contribution in [3.05, 3.63) is 94.8 Å². The summed E-state index contributed by atoms with van der Waals surface area (Å²) in [5.74, 6) is -0.732. The minimum Gasteiger partial charge on any atom is -0.497 e. The molecule has 5 rings (SSSR count). The zero-order valence-corrected chi connectivity index (χ0v) is 21.3. The van der Waals surface area contributed by atoms with Crippen molar-refractivity contribution in [2.75, 3.05) is 12.4 Å². The van der Waals surface area contributed by atoms with Gasteiger partial charge in [-0.2, -0.15) is 10.1 Å². The van der Waals surface area contributed by atoms with Gasteiger partial charge in [0.2, 0.25) is 5.91 Å². The van der Waals surface area contributed by atoms with E-state index in [4.69, 9.17) is 21.4 Å². The van der Waals surface area contributed by atoms with Crippen LogP contribution in [0, 0.1) is 5.82 Å². The number of nitrogens with zero attached hydrogens (tertiary/aromatic N) is 3. The Labute approximate surface area is 222 Å². The summed E-state index contributed by atoms with van der Waals surface area (Å²) in [4.78, 5) is 29.6. The number of benzene rings is 3. The molecule has 10 heteroatoms. The molecule has 0 radical (unpaired) electrons. The molecule has 2 atom stereocenters. The van der Waals surface area contributed by atoms with Crippen LogP contribution in [0.4, 0.5) is 10.1 Å². The first-order valence-corrected chi connectivity index (χ1v) is 12.8. The van der Waals surface area contributed by atoms with E-state index < -0.39 is 22.9 Å². The molecule has 0 saturated carbocycles. The lowest BCUT2D eigenvalue weighted by Crippen LogP contribution is -2.25. The van der Waals surface area contributed by atoms with Crippen molar-refractivity contribution in [1.82, 2.24) is 5.01 Å². The fourth-order valence-corrected chi connectivity index (χ4v) is 5.34.